The molecule has 7 aromatic rings. The third kappa shape index (κ3) is 19.2. The Morgan fingerprint density at radius 2 is 0.878 bits per heavy atom. The summed E-state index contributed by atoms with van der Waals surface area (Å²) in [6.45, 7) is 1.84. The summed E-state index contributed by atoms with van der Waals surface area (Å²) in [4.78, 5) is 143. The predicted octanol–water partition coefficient (Wildman–Crippen LogP) is 6.74. The Labute approximate surface area is 545 Å². The van der Waals surface area contributed by atoms with E-state index in [0.717, 1.165) is 42.7 Å². The molecule has 6 N–H and O–H groups in total. The van der Waals surface area contributed by atoms with Crippen molar-refractivity contribution in [2.24, 2.45) is 0 Å². The number of nitrogens with zero attached hydrogens (tertiary/aromatic N) is 16. The molecule has 0 saturated carbocycles. The van der Waals surface area contributed by atoms with Gasteiger partial charge in [-0.15, -0.1) is 0 Å². The number of nitro groups is 4. The summed E-state index contributed by atoms with van der Waals surface area (Å²) in [7, 11) is 5.75. The zero-order valence-corrected chi connectivity index (χ0v) is 51.3. The molecule has 3 aliphatic rings. The van der Waals surface area contributed by atoms with E-state index in [-0.39, 0.29) is 77.0 Å². The fourth-order valence-electron chi connectivity index (χ4n) is 8.36. The minimum atomic E-state index is -4.69. The van der Waals surface area contributed by atoms with E-state index in [4.69, 9.17) is 20.9 Å². The second-order valence-electron chi connectivity index (χ2n) is 19.8. The quantitative estimate of drug-likeness (QED) is 0.0402. The van der Waals surface area contributed by atoms with Crippen molar-refractivity contribution in [2.45, 2.75) is 44.3 Å². The number of carbonyl (C=O) groups excluding carboxylic acids is 6. The van der Waals surface area contributed by atoms with Gasteiger partial charge in [-0.25, -0.2) is 39.1 Å². The lowest BCUT2D eigenvalue weighted by molar-refractivity contribution is -0.389. The fraction of sp³-hybridized carbons (Fsp3) is 0.255. The van der Waals surface area contributed by atoms with Crippen LogP contribution in [0.2, 0.25) is 0 Å². The molecule has 37 nitrogen and oxygen atoms in total. The van der Waals surface area contributed by atoms with Crippen LogP contribution in [0.1, 0.15) is 22.5 Å². The smallest absolute Gasteiger partial charge is 0.416 e. The number of carbonyl (C=O) groups is 6. The van der Waals surface area contributed by atoms with Crippen LogP contribution in [0.15, 0.2) is 115 Å². The molecule has 3 aliphatic heterocycles. The lowest BCUT2D eigenvalue weighted by Crippen LogP contribution is -2.47. The Hall–Kier alpha value is -13.2. The molecule has 516 valence electrons. The number of likely N-dealkylation sites (N-methyl/N-ethyl adjacent to an activating group) is 3. The predicted molar refractivity (Wildman–Crippen MR) is 328 cm³/mol. The van der Waals surface area contributed by atoms with Crippen molar-refractivity contribution in [1.82, 2.24) is 40.2 Å². The summed E-state index contributed by atoms with van der Waals surface area (Å²) < 4.78 is 93.1. The number of hydrogen-bond acceptors (Lipinski definition) is 27. The molecule has 0 spiro atoms. The summed E-state index contributed by atoms with van der Waals surface area (Å²) in [6, 6.07) is 21.1. The number of aromatic nitrogens is 7. The van der Waals surface area contributed by atoms with Gasteiger partial charge in [0, 0.05) is 88.1 Å². The van der Waals surface area contributed by atoms with Gasteiger partial charge in [-0.05, 0) is 114 Å². The molecule has 7 aromatic heterocycles. The second-order valence-corrected chi connectivity index (χ2v) is 19.8. The molecule has 98 heavy (non-hydrogen) atoms. The zero-order chi connectivity index (χ0) is 72.7. The van der Waals surface area contributed by atoms with Crippen LogP contribution in [-0.4, -0.2) is 157 Å². The van der Waals surface area contributed by atoms with E-state index in [2.05, 4.69) is 50.3 Å². The molecule has 10 rings (SSSR count). The highest BCUT2D eigenvalue weighted by Gasteiger charge is 2.45. The SMILES string of the molecule is CN(C(=O)[C@@H]1COC(=O)N1)c1cccc([N+](=O)[O-])n1.CNc1cccc([N+](=O)[O-])n1.Cc1cc(C(F)(F)F)cc(N2C(=O)OC[C@H]2C(=O)N(C)c2cccc(N)n2)n1.Cc1cc(C(F)(F)F)cc(N2C(=O)OC[C@H]2C(=O)N(C)c2cccc([N+](=O)[O-])n2)n1.Nc1cccc([N+](=O)[O-])n1. The van der Waals surface area contributed by atoms with E-state index in [1.807, 2.05) is 0 Å². The highest BCUT2D eigenvalue weighted by molar-refractivity contribution is 6.06. The first-order chi connectivity index (χ1) is 46.0. The molecule has 3 saturated heterocycles. The highest BCUT2D eigenvalue weighted by atomic mass is 19.4. The minimum Gasteiger partial charge on any atom is -0.447 e. The van der Waals surface area contributed by atoms with Gasteiger partial charge in [-0.3, -0.25) is 29.1 Å². The maximum Gasteiger partial charge on any atom is 0.416 e. The van der Waals surface area contributed by atoms with Crippen LogP contribution in [0.4, 0.5) is 111 Å². The first-order valence-corrected chi connectivity index (χ1v) is 27.4. The van der Waals surface area contributed by atoms with Crippen molar-refractivity contribution >= 4 is 106 Å². The van der Waals surface area contributed by atoms with Crippen LogP contribution in [0.5, 0.6) is 0 Å². The number of nitrogen functional groups attached to an aromatic ring is 2. The number of aryl methyl sites for hydroxylation is 2. The average molecular weight is 1380 g/mol. The van der Waals surface area contributed by atoms with Gasteiger partial charge in [0.05, 0.1) is 11.1 Å². The van der Waals surface area contributed by atoms with E-state index in [9.17, 15) is 95.6 Å². The molecular formula is C55H52F6N20O17. The van der Waals surface area contributed by atoms with Gasteiger partial charge < -0.3 is 76.8 Å². The number of rotatable bonds is 13. The van der Waals surface area contributed by atoms with Crippen LogP contribution >= 0.6 is 0 Å². The van der Waals surface area contributed by atoms with Gasteiger partial charge in [0.25, 0.3) is 17.7 Å². The molecular weight excluding hydrogens is 1330 g/mol. The number of alkyl carbamates (subject to hydrolysis) is 1. The zero-order valence-electron chi connectivity index (χ0n) is 51.3. The number of cyclic esters (lactones) is 3. The third-order valence-electron chi connectivity index (χ3n) is 13.0. The minimum absolute atomic E-state index is 0.0144. The summed E-state index contributed by atoms with van der Waals surface area (Å²) in [6.07, 6.45) is -12.0. The van der Waals surface area contributed by atoms with Crippen LogP contribution in [0, 0.1) is 54.3 Å². The summed E-state index contributed by atoms with van der Waals surface area (Å²) in [5.41, 5.74) is 8.80. The van der Waals surface area contributed by atoms with Gasteiger partial charge in [0.2, 0.25) is 23.3 Å². The topological polar surface area (TPSA) is 485 Å². The van der Waals surface area contributed by atoms with Gasteiger partial charge in [-0.1, -0.05) is 6.07 Å². The van der Waals surface area contributed by atoms with E-state index in [1.54, 1.807) is 25.2 Å². The van der Waals surface area contributed by atoms with E-state index in [1.165, 1.54) is 102 Å². The number of pyridine rings is 7. The van der Waals surface area contributed by atoms with Crippen LogP contribution in [-0.2, 0) is 40.9 Å². The number of hydrogen-bond donors (Lipinski definition) is 4. The fourth-order valence-corrected chi connectivity index (χ4v) is 8.36. The summed E-state index contributed by atoms with van der Waals surface area (Å²) >= 11 is 0. The third-order valence-corrected chi connectivity index (χ3v) is 13.0. The molecule has 3 fully saturated rings. The monoisotopic (exact) mass is 1380 g/mol. The van der Waals surface area contributed by atoms with Gasteiger partial charge in [0.1, 0.15) is 49.1 Å². The van der Waals surface area contributed by atoms with Gasteiger partial charge >= 0.3 is 53.9 Å². The lowest BCUT2D eigenvalue weighted by Gasteiger charge is -2.25. The molecule has 43 heteroatoms. The van der Waals surface area contributed by atoms with Crippen LogP contribution < -0.4 is 46.6 Å². The molecule has 0 bridgehead atoms. The Balaban J connectivity index is 0.000000205. The van der Waals surface area contributed by atoms with Crippen molar-refractivity contribution in [2.75, 3.05) is 89.3 Å². The summed E-state index contributed by atoms with van der Waals surface area (Å²) in [5, 5.41) is 46.8. The first kappa shape index (κ1) is 73.9. The van der Waals surface area contributed by atoms with E-state index >= 15 is 0 Å². The Bertz CT molecular complexity index is 4200. The Morgan fingerprint density at radius 1 is 0.520 bits per heavy atom. The molecule has 0 aromatic carbocycles. The number of halogens is 6. The van der Waals surface area contributed by atoms with Crippen LogP contribution in [0.3, 0.4) is 0 Å². The van der Waals surface area contributed by atoms with Crippen LogP contribution in [0.25, 0.3) is 0 Å². The standard InChI is InChI=1S/C17H14F3N5O5.C17H16F3N5O3.C10H10N4O5.C6H7N3O2.C5H5N3O2/c1-9-6-10(17(18,19)20)7-14(21-9)24-11(8-30-16(24)27)15(26)23(2)12-4-3-5-13(22-12)25(28)29;1-9-6-10(17(18,19)20)7-14(22-9)25-11(8-28-16(25)27)15(26)24(2)13-5-3-4-12(21)23-13;1-13(9(15)6-5-19-10(16)11-6)7-3-2-4-8(12-7)14(17)18;1-7-5-3-2-4-6(8-5)9(10)11;6-4-2-1-3-5(7-4)8(9)10/h3-7,11H,8H2,1-2H3;3-7,11H,8H2,1-2H3,(H2,21,23);2-4,6H,5H2,1H3,(H,11,16);2-4H,1H3,(H,7,8);1-3H,(H2,6,7)/t2*11-;6-;;/m000../s1. The number of alkyl halides is 6. The molecule has 6 amide bonds. The maximum atomic E-state index is 13.1. The largest absolute Gasteiger partial charge is 0.447 e. The lowest BCUT2D eigenvalue weighted by atomic mass is 10.2. The van der Waals surface area contributed by atoms with E-state index in [0.29, 0.717) is 18.0 Å². The van der Waals surface area contributed by atoms with Crippen molar-refractivity contribution < 1.29 is 89.0 Å². The first-order valence-electron chi connectivity index (χ1n) is 27.4. The van der Waals surface area contributed by atoms with Crippen molar-refractivity contribution in [3.05, 3.63) is 178 Å². The molecule has 0 unspecified atom stereocenters. The van der Waals surface area contributed by atoms with Crippen molar-refractivity contribution in [3.63, 3.8) is 0 Å². The van der Waals surface area contributed by atoms with Gasteiger partial charge in [0.15, 0.2) is 12.1 Å². The van der Waals surface area contributed by atoms with Gasteiger partial charge in [-0.2, -0.15) is 26.3 Å². The number of ether oxygens (including phenoxy) is 3. The number of anilines is 8. The Kier molecular flexibility index (Phi) is 23.9. The Morgan fingerprint density at radius 3 is 1.23 bits per heavy atom. The number of amides is 6. The molecule has 10 heterocycles. The van der Waals surface area contributed by atoms with Crippen molar-refractivity contribution in [1.29, 1.82) is 0 Å². The molecule has 3 atom stereocenters. The highest BCUT2D eigenvalue weighted by Crippen LogP contribution is 2.36. The van der Waals surface area contributed by atoms with Crippen molar-refractivity contribution in [3.8, 4) is 0 Å². The maximum absolute atomic E-state index is 13.1. The number of nitrogens with two attached hydrogens (primary N) is 2. The number of nitrogens with one attached hydrogen (secondary N) is 2. The molecule has 0 aliphatic carbocycles. The van der Waals surface area contributed by atoms with E-state index < -0.39 is 116 Å². The second kappa shape index (κ2) is 31.7. The normalized spacial score (nSPS) is 15.2. The molecule has 0 radical (unpaired) electrons. The average Bonchev–Trinajstić information content (AvgIpc) is 1.56. The summed E-state index contributed by atoms with van der Waals surface area (Å²) in [5.74, 6) is -2.68.